The number of halogens is 3. The molecular weight excluding hydrogens is 651 g/mol. The molecular formula is C32H38F3N7O7. The first-order valence-electron chi connectivity index (χ1n) is 16.2. The molecule has 1 aromatic carbocycles. The van der Waals surface area contributed by atoms with Gasteiger partial charge in [-0.25, -0.2) is 27.7 Å². The summed E-state index contributed by atoms with van der Waals surface area (Å²) < 4.78 is 54.8. The number of imidazole rings is 1. The third-order valence-corrected chi connectivity index (χ3v) is 9.35. The van der Waals surface area contributed by atoms with E-state index in [1.54, 1.807) is 0 Å². The SMILES string of the molecule is O=C(NCCN1C(=O)C=CC1=O)OC1CN(C(=O)N(CC2CNCC2F)C(c2ncc(-c3cc(F)ccc3F)[nH]2)C2CCOCC2)CC1O. The largest absolute Gasteiger partial charge is 0.442 e. The molecule has 14 nitrogen and oxygen atoms in total. The van der Waals surface area contributed by atoms with Crippen LogP contribution in [0.15, 0.2) is 36.5 Å². The van der Waals surface area contributed by atoms with Crippen LogP contribution in [0.4, 0.5) is 22.8 Å². The molecule has 0 saturated carbocycles. The molecule has 49 heavy (non-hydrogen) atoms. The zero-order valence-electron chi connectivity index (χ0n) is 26.5. The first-order valence-corrected chi connectivity index (χ1v) is 16.2. The highest BCUT2D eigenvalue weighted by molar-refractivity contribution is 6.12. The van der Waals surface area contributed by atoms with Gasteiger partial charge < -0.3 is 40.0 Å². The van der Waals surface area contributed by atoms with Crippen LogP contribution < -0.4 is 10.6 Å². The highest BCUT2D eigenvalue weighted by Crippen LogP contribution is 2.37. The fourth-order valence-electron chi connectivity index (χ4n) is 6.74. The number of β-amino-alcohol motifs (C(OH)–C–C–N with tert-alkyl or cyclic N) is 1. The number of hydrogen-bond acceptors (Lipinski definition) is 9. The molecule has 5 amide bonds. The van der Waals surface area contributed by atoms with E-state index in [9.17, 15) is 33.1 Å². The Balaban J connectivity index is 1.21. The van der Waals surface area contributed by atoms with Crippen molar-refractivity contribution >= 4 is 23.9 Å². The predicted octanol–water partition coefficient (Wildman–Crippen LogP) is 1.50. The molecule has 1 aromatic heterocycles. The smallest absolute Gasteiger partial charge is 0.407 e. The minimum Gasteiger partial charge on any atom is -0.442 e. The molecule has 0 aliphatic carbocycles. The van der Waals surface area contributed by atoms with Crippen molar-refractivity contribution in [3.8, 4) is 11.3 Å². The van der Waals surface area contributed by atoms with Gasteiger partial charge in [0.05, 0.1) is 31.0 Å². The van der Waals surface area contributed by atoms with E-state index in [1.165, 1.54) is 16.0 Å². The maximum absolute atomic E-state index is 15.0. The topological polar surface area (TPSA) is 169 Å². The molecule has 4 N–H and O–H groups in total. The molecule has 5 heterocycles. The molecule has 3 fully saturated rings. The number of urea groups is 1. The predicted molar refractivity (Wildman–Crippen MR) is 165 cm³/mol. The number of carbonyl (C=O) groups excluding carboxylic acids is 4. The summed E-state index contributed by atoms with van der Waals surface area (Å²) in [7, 11) is 0. The van der Waals surface area contributed by atoms with Gasteiger partial charge in [0.2, 0.25) is 0 Å². The Morgan fingerprint density at radius 3 is 2.61 bits per heavy atom. The molecule has 4 aliphatic rings. The summed E-state index contributed by atoms with van der Waals surface area (Å²) in [4.78, 5) is 61.8. The molecule has 4 aliphatic heterocycles. The second-order valence-electron chi connectivity index (χ2n) is 12.6. The van der Waals surface area contributed by atoms with Crippen LogP contribution in [0.2, 0.25) is 0 Å². The van der Waals surface area contributed by atoms with Crippen molar-refractivity contribution in [2.75, 3.05) is 59.0 Å². The number of likely N-dealkylation sites (tertiary alicyclic amines) is 1. The van der Waals surface area contributed by atoms with Crippen molar-refractivity contribution in [2.24, 2.45) is 11.8 Å². The number of nitrogens with zero attached hydrogens (tertiary/aromatic N) is 4. The van der Waals surface area contributed by atoms with Gasteiger partial charge in [0.25, 0.3) is 11.8 Å². The Kier molecular flexibility index (Phi) is 10.5. The van der Waals surface area contributed by atoms with Crippen molar-refractivity contribution in [3.05, 3.63) is 54.0 Å². The van der Waals surface area contributed by atoms with E-state index in [0.29, 0.717) is 38.4 Å². The standard InChI is InChI=1S/C32H38F3N7O7/c33-20-1-2-22(34)21(11-20)24-14-38-30(39-24)29(18-5-9-48-10-6-18)42(15-19-12-36-13-23(19)35)32(47)40-16-25(43)26(17-40)49-31(46)37-7-8-41-27(44)3-4-28(41)45/h1-4,11,14,18-19,23,25-26,29,36,43H,5-10,12-13,15-17H2,(H,37,46)(H,38,39). The first-order chi connectivity index (χ1) is 23.6. The van der Waals surface area contributed by atoms with E-state index in [1.807, 2.05) is 0 Å². The normalized spacial score (nSPS) is 24.9. The Hall–Kier alpha value is -4.48. The average Bonchev–Trinajstić information content (AvgIpc) is 3.88. The molecule has 5 atom stereocenters. The summed E-state index contributed by atoms with van der Waals surface area (Å²) in [5.41, 5.74) is 0.163. The number of amides is 5. The van der Waals surface area contributed by atoms with Crippen LogP contribution in [0.1, 0.15) is 24.7 Å². The summed E-state index contributed by atoms with van der Waals surface area (Å²) in [5, 5.41) is 16.3. The number of carbonyl (C=O) groups is 4. The number of aromatic nitrogens is 2. The summed E-state index contributed by atoms with van der Waals surface area (Å²) >= 11 is 0. The minimum absolute atomic E-state index is 0.0131. The maximum atomic E-state index is 15.0. The summed E-state index contributed by atoms with van der Waals surface area (Å²) in [6, 6.07) is 1.76. The van der Waals surface area contributed by atoms with Crippen molar-refractivity contribution in [1.82, 2.24) is 35.3 Å². The molecule has 0 radical (unpaired) electrons. The Morgan fingerprint density at radius 1 is 1.14 bits per heavy atom. The third kappa shape index (κ3) is 7.73. The lowest BCUT2D eigenvalue weighted by Gasteiger charge is -2.40. The third-order valence-electron chi connectivity index (χ3n) is 9.35. The van der Waals surface area contributed by atoms with Gasteiger partial charge in [-0.15, -0.1) is 0 Å². The van der Waals surface area contributed by atoms with Crippen LogP contribution in [0.3, 0.4) is 0 Å². The van der Waals surface area contributed by atoms with E-state index >= 15 is 4.39 Å². The van der Waals surface area contributed by atoms with E-state index in [-0.39, 0.29) is 56.4 Å². The number of rotatable bonds is 10. The second kappa shape index (κ2) is 15.0. The molecule has 0 bridgehead atoms. The van der Waals surface area contributed by atoms with Gasteiger partial charge in [0.1, 0.15) is 35.8 Å². The monoisotopic (exact) mass is 689 g/mol. The number of aromatic amines is 1. The fourth-order valence-corrected chi connectivity index (χ4v) is 6.74. The van der Waals surface area contributed by atoms with E-state index in [2.05, 4.69) is 20.6 Å². The van der Waals surface area contributed by atoms with Crippen LogP contribution in [0, 0.1) is 23.5 Å². The number of aliphatic hydroxyl groups excluding tert-OH is 1. The Morgan fingerprint density at radius 2 is 1.90 bits per heavy atom. The minimum atomic E-state index is -1.24. The van der Waals surface area contributed by atoms with Gasteiger partial charge in [0, 0.05) is 69.6 Å². The zero-order chi connectivity index (χ0) is 34.7. The number of alkyl halides is 1. The molecule has 17 heteroatoms. The summed E-state index contributed by atoms with van der Waals surface area (Å²) in [6.07, 6.45) is 0.226. The maximum Gasteiger partial charge on any atom is 0.407 e. The number of imide groups is 1. The van der Waals surface area contributed by atoms with Crippen molar-refractivity contribution in [3.63, 3.8) is 0 Å². The van der Waals surface area contributed by atoms with Crippen LogP contribution in [-0.4, -0.2) is 131 Å². The van der Waals surface area contributed by atoms with Gasteiger partial charge in [0.15, 0.2) is 0 Å². The molecule has 3 saturated heterocycles. The molecule has 0 spiro atoms. The lowest BCUT2D eigenvalue weighted by molar-refractivity contribution is -0.136. The van der Waals surface area contributed by atoms with Gasteiger partial charge >= 0.3 is 12.1 Å². The van der Waals surface area contributed by atoms with Gasteiger partial charge in [-0.2, -0.15) is 0 Å². The molecule has 2 aromatic rings. The van der Waals surface area contributed by atoms with Crippen molar-refractivity contribution in [2.45, 2.75) is 37.3 Å². The second-order valence-corrected chi connectivity index (χ2v) is 12.6. The fraction of sp³-hybridized carbons (Fsp3) is 0.531. The van der Waals surface area contributed by atoms with Crippen molar-refractivity contribution < 1.29 is 46.9 Å². The Labute approximate surface area is 279 Å². The number of ether oxygens (including phenoxy) is 2. The highest BCUT2D eigenvalue weighted by atomic mass is 19.1. The quantitative estimate of drug-likeness (QED) is 0.270. The number of aliphatic hydroxyl groups is 1. The summed E-state index contributed by atoms with van der Waals surface area (Å²) in [6.45, 7) is 0.742. The zero-order valence-corrected chi connectivity index (χ0v) is 26.5. The summed E-state index contributed by atoms with van der Waals surface area (Å²) in [5.74, 6) is -2.75. The van der Waals surface area contributed by atoms with Crippen molar-refractivity contribution in [1.29, 1.82) is 0 Å². The number of hydrogen-bond donors (Lipinski definition) is 4. The Bertz CT molecular complexity index is 1570. The van der Waals surface area contributed by atoms with Gasteiger partial charge in [-0.05, 0) is 37.0 Å². The van der Waals surface area contributed by atoms with Crippen LogP contribution >= 0.6 is 0 Å². The number of nitrogens with one attached hydrogen (secondary N) is 3. The lowest BCUT2D eigenvalue weighted by Crippen LogP contribution is -2.50. The van der Waals surface area contributed by atoms with Gasteiger partial charge in [-0.3, -0.25) is 14.5 Å². The number of H-pyrrole nitrogens is 1. The first kappa shape index (κ1) is 34.4. The van der Waals surface area contributed by atoms with E-state index in [0.717, 1.165) is 35.3 Å². The molecule has 264 valence electrons. The van der Waals surface area contributed by atoms with Crippen LogP contribution in [-0.2, 0) is 19.1 Å². The van der Waals surface area contributed by atoms with Gasteiger partial charge in [-0.1, -0.05) is 0 Å². The van der Waals surface area contributed by atoms with Crippen LogP contribution in [0.25, 0.3) is 11.3 Å². The number of benzene rings is 1. The number of alkyl carbamates (subject to hydrolysis) is 1. The molecule has 6 rings (SSSR count). The molecule has 5 unspecified atom stereocenters. The lowest BCUT2D eigenvalue weighted by atomic mass is 9.89. The van der Waals surface area contributed by atoms with E-state index in [4.69, 9.17) is 9.47 Å². The van der Waals surface area contributed by atoms with Crippen LogP contribution in [0.5, 0.6) is 0 Å². The highest BCUT2D eigenvalue weighted by Gasteiger charge is 2.44. The van der Waals surface area contributed by atoms with E-state index < -0.39 is 65.9 Å². The average molecular weight is 690 g/mol.